The van der Waals surface area contributed by atoms with Crippen LogP contribution in [0.15, 0.2) is 36.7 Å². The molecule has 2 heterocycles. The van der Waals surface area contributed by atoms with Gasteiger partial charge >= 0.3 is 0 Å². The molecule has 1 saturated heterocycles. The van der Waals surface area contributed by atoms with E-state index in [2.05, 4.69) is 20.6 Å². The van der Waals surface area contributed by atoms with Gasteiger partial charge in [0.05, 0.1) is 6.04 Å². The Labute approximate surface area is 135 Å². The Balaban J connectivity index is 0.00000110. The molecule has 1 atom stereocenters. The molecule has 1 aliphatic heterocycles. The topological polar surface area (TPSA) is 69.8 Å². The van der Waals surface area contributed by atoms with Crippen molar-refractivity contribution in [2.45, 2.75) is 18.9 Å². The molecule has 21 heavy (non-hydrogen) atoms. The van der Waals surface area contributed by atoms with Crippen LogP contribution in [0.2, 0.25) is 0 Å². The molecular weight excluding hydrogens is 311 g/mol. The summed E-state index contributed by atoms with van der Waals surface area (Å²) in [5.41, 5.74) is 1.82. The number of nitrogens with one attached hydrogen (secondary N) is 3. The molecule has 1 unspecified atom stereocenters. The second-order valence-electron chi connectivity index (χ2n) is 4.65. The van der Waals surface area contributed by atoms with Crippen LogP contribution in [0.25, 0.3) is 11.4 Å². The third kappa shape index (κ3) is 4.20. The van der Waals surface area contributed by atoms with Crippen molar-refractivity contribution in [3.8, 4) is 11.4 Å². The molecule has 2 aromatic rings. The average molecular weight is 329 g/mol. The number of H-pyrrole nitrogens is 1. The first-order chi connectivity index (χ1) is 9.33. The fourth-order valence-corrected chi connectivity index (χ4v) is 2.27. The van der Waals surface area contributed by atoms with Crippen molar-refractivity contribution >= 4 is 36.4 Å². The van der Waals surface area contributed by atoms with Crippen LogP contribution in [-0.4, -0.2) is 28.5 Å². The number of aromatic amines is 1. The standard InChI is InChI=1S/C14H16N4O.2ClH/c19-14(12-2-1-7-15-12)18-11-5-3-10(4-6-11)13-16-8-9-17-13;;/h3-6,8-9,12,15H,1-2,7H2,(H,16,17)(H,18,19);2*1H. The molecule has 1 fully saturated rings. The van der Waals surface area contributed by atoms with Gasteiger partial charge in [0.25, 0.3) is 0 Å². The summed E-state index contributed by atoms with van der Waals surface area (Å²) < 4.78 is 0. The minimum Gasteiger partial charge on any atom is -0.345 e. The Hall–Kier alpha value is -1.56. The number of nitrogens with zero attached hydrogens (tertiary/aromatic N) is 1. The van der Waals surface area contributed by atoms with Crippen LogP contribution in [-0.2, 0) is 4.79 Å². The fraction of sp³-hybridized carbons (Fsp3) is 0.286. The van der Waals surface area contributed by atoms with Crippen LogP contribution in [0.5, 0.6) is 0 Å². The second kappa shape index (κ2) is 8.02. The highest BCUT2D eigenvalue weighted by atomic mass is 35.5. The van der Waals surface area contributed by atoms with E-state index in [1.165, 1.54) is 0 Å². The molecule has 1 aliphatic rings. The molecule has 114 valence electrons. The quantitative estimate of drug-likeness (QED) is 0.811. The molecule has 0 spiro atoms. The van der Waals surface area contributed by atoms with Gasteiger partial charge < -0.3 is 15.6 Å². The minimum atomic E-state index is -0.0512. The number of anilines is 1. The van der Waals surface area contributed by atoms with Crippen LogP contribution in [0.4, 0.5) is 5.69 Å². The van der Waals surface area contributed by atoms with E-state index in [0.717, 1.165) is 36.5 Å². The Bertz CT molecular complexity index is 551. The van der Waals surface area contributed by atoms with Crippen LogP contribution < -0.4 is 10.6 Å². The highest BCUT2D eigenvalue weighted by Crippen LogP contribution is 2.18. The van der Waals surface area contributed by atoms with E-state index in [-0.39, 0.29) is 36.8 Å². The lowest BCUT2D eigenvalue weighted by atomic mass is 10.2. The van der Waals surface area contributed by atoms with E-state index in [9.17, 15) is 4.79 Å². The summed E-state index contributed by atoms with van der Waals surface area (Å²) in [5.74, 6) is 0.874. The largest absolute Gasteiger partial charge is 0.345 e. The zero-order chi connectivity index (χ0) is 13.1. The predicted octanol–water partition coefficient (Wildman–Crippen LogP) is 2.61. The number of carbonyl (C=O) groups is 1. The number of aromatic nitrogens is 2. The molecule has 7 heteroatoms. The van der Waals surface area contributed by atoms with Gasteiger partial charge in [0.2, 0.25) is 5.91 Å². The van der Waals surface area contributed by atoms with Gasteiger partial charge in [-0.1, -0.05) is 0 Å². The van der Waals surface area contributed by atoms with E-state index in [1.807, 2.05) is 24.3 Å². The third-order valence-electron chi connectivity index (χ3n) is 3.30. The molecule has 1 amide bonds. The zero-order valence-electron chi connectivity index (χ0n) is 11.3. The van der Waals surface area contributed by atoms with Gasteiger partial charge in [0.15, 0.2) is 0 Å². The lowest BCUT2D eigenvalue weighted by Gasteiger charge is -2.11. The summed E-state index contributed by atoms with van der Waals surface area (Å²) in [7, 11) is 0. The molecule has 0 saturated carbocycles. The van der Waals surface area contributed by atoms with Crippen molar-refractivity contribution < 1.29 is 4.79 Å². The van der Waals surface area contributed by atoms with Gasteiger partial charge in [0.1, 0.15) is 5.82 Å². The lowest BCUT2D eigenvalue weighted by Crippen LogP contribution is -2.35. The molecule has 0 radical (unpaired) electrons. The summed E-state index contributed by atoms with van der Waals surface area (Å²) >= 11 is 0. The first kappa shape index (κ1) is 17.5. The van der Waals surface area contributed by atoms with Gasteiger partial charge in [0, 0.05) is 23.6 Å². The number of hydrogen-bond donors (Lipinski definition) is 3. The van der Waals surface area contributed by atoms with Gasteiger partial charge in [-0.05, 0) is 43.7 Å². The minimum absolute atomic E-state index is 0. The van der Waals surface area contributed by atoms with Crippen molar-refractivity contribution in [3.05, 3.63) is 36.7 Å². The van der Waals surface area contributed by atoms with Gasteiger partial charge in [-0.2, -0.15) is 0 Å². The number of benzene rings is 1. The normalized spacial score (nSPS) is 16.7. The van der Waals surface area contributed by atoms with Crippen molar-refractivity contribution in [3.63, 3.8) is 0 Å². The highest BCUT2D eigenvalue weighted by Gasteiger charge is 2.21. The maximum Gasteiger partial charge on any atom is 0.241 e. The summed E-state index contributed by atoms with van der Waals surface area (Å²) in [6, 6.07) is 7.62. The molecule has 3 N–H and O–H groups in total. The molecule has 5 nitrogen and oxygen atoms in total. The Morgan fingerprint density at radius 1 is 1.24 bits per heavy atom. The monoisotopic (exact) mass is 328 g/mol. The second-order valence-corrected chi connectivity index (χ2v) is 4.65. The Kier molecular flexibility index (Phi) is 6.68. The van der Waals surface area contributed by atoms with E-state index in [4.69, 9.17) is 0 Å². The van der Waals surface area contributed by atoms with Crippen molar-refractivity contribution in [1.29, 1.82) is 0 Å². The number of halogens is 2. The molecule has 1 aromatic heterocycles. The van der Waals surface area contributed by atoms with Crippen LogP contribution in [0, 0.1) is 0 Å². The number of hydrogen-bond acceptors (Lipinski definition) is 3. The summed E-state index contributed by atoms with van der Waals surface area (Å²) in [4.78, 5) is 19.2. The first-order valence-electron chi connectivity index (χ1n) is 6.47. The van der Waals surface area contributed by atoms with Crippen molar-refractivity contribution in [2.24, 2.45) is 0 Å². The molecule has 0 aliphatic carbocycles. The maximum atomic E-state index is 11.9. The molecule has 0 bridgehead atoms. The van der Waals surface area contributed by atoms with E-state index < -0.39 is 0 Å². The smallest absolute Gasteiger partial charge is 0.241 e. The van der Waals surface area contributed by atoms with Gasteiger partial charge in [-0.15, -0.1) is 24.8 Å². The van der Waals surface area contributed by atoms with Crippen LogP contribution >= 0.6 is 24.8 Å². The number of imidazole rings is 1. The number of rotatable bonds is 3. The fourth-order valence-electron chi connectivity index (χ4n) is 2.27. The van der Waals surface area contributed by atoms with Crippen molar-refractivity contribution in [1.82, 2.24) is 15.3 Å². The maximum absolute atomic E-state index is 11.9. The lowest BCUT2D eigenvalue weighted by molar-refractivity contribution is -0.117. The summed E-state index contributed by atoms with van der Waals surface area (Å²) in [6.07, 6.45) is 5.49. The summed E-state index contributed by atoms with van der Waals surface area (Å²) in [5, 5.41) is 6.11. The zero-order valence-corrected chi connectivity index (χ0v) is 13.0. The summed E-state index contributed by atoms with van der Waals surface area (Å²) in [6.45, 7) is 0.926. The van der Waals surface area contributed by atoms with Crippen LogP contribution in [0.1, 0.15) is 12.8 Å². The molecule has 3 rings (SSSR count). The predicted molar refractivity (Wildman–Crippen MR) is 88.2 cm³/mol. The molecule has 1 aromatic carbocycles. The van der Waals surface area contributed by atoms with E-state index in [0.29, 0.717) is 0 Å². The Morgan fingerprint density at radius 3 is 2.57 bits per heavy atom. The molecular formula is C14H18Cl2N4O. The van der Waals surface area contributed by atoms with Crippen molar-refractivity contribution in [2.75, 3.05) is 11.9 Å². The van der Waals surface area contributed by atoms with E-state index >= 15 is 0 Å². The number of amides is 1. The first-order valence-corrected chi connectivity index (χ1v) is 6.47. The SMILES string of the molecule is Cl.Cl.O=C(Nc1ccc(-c2ncc[nH]2)cc1)C1CCCN1. The third-order valence-corrected chi connectivity index (χ3v) is 3.30. The van der Waals surface area contributed by atoms with Gasteiger partial charge in [-0.3, -0.25) is 4.79 Å². The van der Waals surface area contributed by atoms with Crippen LogP contribution in [0.3, 0.4) is 0 Å². The Morgan fingerprint density at radius 2 is 2.00 bits per heavy atom. The highest BCUT2D eigenvalue weighted by molar-refractivity contribution is 5.95. The number of carbonyl (C=O) groups excluding carboxylic acids is 1. The van der Waals surface area contributed by atoms with Gasteiger partial charge in [-0.25, -0.2) is 4.98 Å². The average Bonchev–Trinajstić information content (AvgIpc) is 3.13. The van der Waals surface area contributed by atoms with E-state index in [1.54, 1.807) is 12.4 Å².